The van der Waals surface area contributed by atoms with Gasteiger partial charge in [-0.15, -0.1) is 0 Å². The molecule has 28 heavy (non-hydrogen) atoms. The first-order valence-electron chi connectivity index (χ1n) is 9.49. The number of likely N-dealkylation sites (N-methyl/N-ethyl adjacent to an activating group) is 1. The maximum Gasteiger partial charge on any atom is 0.272 e. The summed E-state index contributed by atoms with van der Waals surface area (Å²) in [7, 11) is 0. The zero-order valence-corrected chi connectivity index (χ0v) is 16.8. The minimum Gasteiger partial charge on any atom is -0.460 e. The molecule has 1 fully saturated rings. The fourth-order valence-electron chi connectivity index (χ4n) is 3.46. The molecule has 0 spiro atoms. The second-order valence-corrected chi connectivity index (χ2v) is 7.38. The molecule has 2 aromatic heterocycles. The third-order valence-corrected chi connectivity index (χ3v) is 5.32. The van der Waals surface area contributed by atoms with Crippen LogP contribution in [-0.4, -0.2) is 58.2 Å². The van der Waals surface area contributed by atoms with Crippen LogP contribution in [0.3, 0.4) is 0 Å². The number of rotatable bonds is 4. The van der Waals surface area contributed by atoms with Crippen LogP contribution in [0.1, 0.15) is 23.2 Å². The van der Waals surface area contributed by atoms with Crippen molar-refractivity contribution in [1.82, 2.24) is 19.6 Å². The number of furan rings is 1. The minimum absolute atomic E-state index is 0.0299. The number of benzene rings is 1. The number of halogens is 1. The van der Waals surface area contributed by atoms with E-state index in [4.69, 9.17) is 16.0 Å². The van der Waals surface area contributed by atoms with E-state index in [1.54, 1.807) is 22.9 Å². The third-order valence-electron chi connectivity index (χ3n) is 5.08. The first kappa shape index (κ1) is 18.8. The van der Waals surface area contributed by atoms with Gasteiger partial charge in [0.15, 0.2) is 5.76 Å². The van der Waals surface area contributed by atoms with Crippen molar-refractivity contribution < 1.29 is 9.21 Å². The van der Waals surface area contributed by atoms with Gasteiger partial charge < -0.3 is 14.2 Å². The van der Waals surface area contributed by atoms with Crippen molar-refractivity contribution in [2.75, 3.05) is 32.7 Å². The molecule has 1 saturated heterocycles. The summed E-state index contributed by atoms with van der Waals surface area (Å²) >= 11 is 6.17. The Bertz CT molecular complexity index is 986. The van der Waals surface area contributed by atoms with Crippen molar-refractivity contribution >= 4 is 17.5 Å². The summed E-state index contributed by atoms with van der Waals surface area (Å²) in [4.78, 5) is 17.5. The molecule has 1 aromatic carbocycles. The van der Waals surface area contributed by atoms with Gasteiger partial charge in [-0.1, -0.05) is 24.6 Å². The lowest BCUT2D eigenvalue weighted by molar-refractivity contribution is 0.0634. The fourth-order valence-corrected chi connectivity index (χ4v) is 3.64. The Morgan fingerprint density at radius 3 is 2.57 bits per heavy atom. The second-order valence-electron chi connectivity index (χ2n) is 6.94. The van der Waals surface area contributed by atoms with E-state index >= 15 is 0 Å². The molecular formula is C21H23ClN4O2. The maximum atomic E-state index is 13.3. The van der Waals surface area contributed by atoms with Gasteiger partial charge >= 0.3 is 0 Å². The molecule has 0 radical (unpaired) electrons. The number of aromatic nitrogens is 2. The lowest BCUT2D eigenvalue weighted by Gasteiger charge is -2.34. The average molecular weight is 399 g/mol. The standard InChI is InChI=1S/C21H23ClN4O2/c1-3-24-9-11-25(12-10-24)21(27)19-14-18(20-8-7-15(2)28-20)23-26(19)17-6-4-5-16(22)13-17/h4-8,13-14H,3,9-12H2,1-2H3. The Balaban J connectivity index is 1.72. The zero-order chi connectivity index (χ0) is 19.7. The molecule has 4 rings (SSSR count). The summed E-state index contributed by atoms with van der Waals surface area (Å²) < 4.78 is 7.38. The SMILES string of the molecule is CCN1CCN(C(=O)c2cc(-c3ccc(C)o3)nn2-c2cccc(Cl)c2)CC1. The van der Waals surface area contributed by atoms with E-state index < -0.39 is 0 Å². The molecule has 1 aliphatic rings. The average Bonchev–Trinajstić information content (AvgIpc) is 3.34. The smallest absolute Gasteiger partial charge is 0.272 e. The Morgan fingerprint density at radius 2 is 1.93 bits per heavy atom. The molecule has 3 aromatic rings. The van der Waals surface area contributed by atoms with Crippen LogP contribution < -0.4 is 0 Å². The molecule has 146 valence electrons. The number of hydrogen-bond donors (Lipinski definition) is 0. The summed E-state index contributed by atoms with van der Waals surface area (Å²) in [6, 6.07) is 12.9. The molecule has 0 bridgehead atoms. The summed E-state index contributed by atoms with van der Waals surface area (Å²) in [6.07, 6.45) is 0. The van der Waals surface area contributed by atoms with Crippen LogP contribution in [0, 0.1) is 6.92 Å². The van der Waals surface area contributed by atoms with Crippen LogP contribution in [0.2, 0.25) is 5.02 Å². The van der Waals surface area contributed by atoms with E-state index in [1.807, 2.05) is 36.1 Å². The Morgan fingerprint density at radius 1 is 1.14 bits per heavy atom. The normalized spacial score (nSPS) is 15.2. The fraction of sp³-hybridized carbons (Fsp3) is 0.333. The molecule has 0 atom stereocenters. The predicted molar refractivity (Wildman–Crippen MR) is 109 cm³/mol. The molecule has 7 heteroatoms. The highest BCUT2D eigenvalue weighted by Gasteiger charge is 2.26. The van der Waals surface area contributed by atoms with Crippen molar-refractivity contribution in [2.45, 2.75) is 13.8 Å². The largest absolute Gasteiger partial charge is 0.460 e. The number of carbonyl (C=O) groups excluding carboxylic acids is 1. The molecule has 3 heterocycles. The molecule has 6 nitrogen and oxygen atoms in total. The van der Waals surface area contributed by atoms with Crippen LogP contribution in [0.15, 0.2) is 46.9 Å². The molecule has 0 unspecified atom stereocenters. The minimum atomic E-state index is -0.0299. The van der Waals surface area contributed by atoms with Gasteiger partial charge in [0.1, 0.15) is 17.1 Å². The van der Waals surface area contributed by atoms with Gasteiger partial charge in [-0.05, 0) is 43.8 Å². The molecule has 0 N–H and O–H groups in total. The van der Waals surface area contributed by atoms with Crippen molar-refractivity contribution in [1.29, 1.82) is 0 Å². The van der Waals surface area contributed by atoms with E-state index in [0.717, 1.165) is 31.1 Å². The summed E-state index contributed by atoms with van der Waals surface area (Å²) in [5.41, 5.74) is 1.89. The lowest BCUT2D eigenvalue weighted by atomic mass is 10.2. The predicted octanol–water partition coefficient (Wildman–Crippen LogP) is 3.87. The Kier molecular flexibility index (Phi) is 5.24. The maximum absolute atomic E-state index is 13.3. The first-order chi connectivity index (χ1) is 13.5. The Labute approximate surface area is 169 Å². The Hall–Kier alpha value is -2.57. The van der Waals surface area contributed by atoms with Gasteiger partial charge in [-0.2, -0.15) is 5.10 Å². The van der Waals surface area contributed by atoms with Crippen molar-refractivity contribution in [3.8, 4) is 17.1 Å². The van der Waals surface area contributed by atoms with Gasteiger partial charge in [0.05, 0.1) is 5.69 Å². The number of nitrogens with zero attached hydrogens (tertiary/aromatic N) is 4. The van der Waals surface area contributed by atoms with Crippen LogP contribution in [0.4, 0.5) is 0 Å². The summed E-state index contributed by atoms with van der Waals surface area (Å²) in [6.45, 7) is 8.23. The second kappa shape index (κ2) is 7.81. The van der Waals surface area contributed by atoms with Crippen molar-refractivity contribution in [2.24, 2.45) is 0 Å². The van der Waals surface area contributed by atoms with E-state index in [2.05, 4.69) is 16.9 Å². The topological polar surface area (TPSA) is 54.5 Å². The number of piperazine rings is 1. The van der Waals surface area contributed by atoms with Crippen molar-refractivity contribution in [3.05, 3.63) is 58.9 Å². The van der Waals surface area contributed by atoms with E-state index in [9.17, 15) is 4.79 Å². The molecular weight excluding hydrogens is 376 g/mol. The monoisotopic (exact) mass is 398 g/mol. The van der Waals surface area contributed by atoms with Gasteiger partial charge in [0, 0.05) is 37.3 Å². The summed E-state index contributed by atoms with van der Waals surface area (Å²) in [5.74, 6) is 1.41. The van der Waals surface area contributed by atoms with Crippen LogP contribution in [-0.2, 0) is 0 Å². The van der Waals surface area contributed by atoms with Crippen molar-refractivity contribution in [3.63, 3.8) is 0 Å². The molecule has 0 saturated carbocycles. The number of aryl methyl sites for hydroxylation is 1. The number of hydrogen-bond acceptors (Lipinski definition) is 4. The van der Waals surface area contributed by atoms with E-state index in [0.29, 0.717) is 35.3 Å². The molecule has 1 amide bonds. The van der Waals surface area contributed by atoms with Gasteiger partial charge in [-0.25, -0.2) is 4.68 Å². The highest BCUT2D eigenvalue weighted by atomic mass is 35.5. The highest BCUT2D eigenvalue weighted by Crippen LogP contribution is 2.25. The van der Waals surface area contributed by atoms with Crippen LogP contribution >= 0.6 is 11.6 Å². The molecule has 0 aliphatic carbocycles. The first-order valence-corrected chi connectivity index (χ1v) is 9.87. The highest BCUT2D eigenvalue weighted by molar-refractivity contribution is 6.30. The van der Waals surface area contributed by atoms with E-state index in [1.165, 1.54) is 0 Å². The zero-order valence-electron chi connectivity index (χ0n) is 16.1. The van der Waals surface area contributed by atoms with Gasteiger partial charge in [0.2, 0.25) is 0 Å². The van der Waals surface area contributed by atoms with Gasteiger partial charge in [-0.3, -0.25) is 4.79 Å². The van der Waals surface area contributed by atoms with Crippen LogP contribution in [0.25, 0.3) is 17.1 Å². The number of amides is 1. The lowest BCUT2D eigenvalue weighted by Crippen LogP contribution is -2.48. The third kappa shape index (κ3) is 3.70. The van der Waals surface area contributed by atoms with Crippen LogP contribution in [0.5, 0.6) is 0 Å². The molecule has 1 aliphatic heterocycles. The quantitative estimate of drug-likeness (QED) is 0.669. The van der Waals surface area contributed by atoms with Gasteiger partial charge in [0.25, 0.3) is 5.91 Å². The van der Waals surface area contributed by atoms with E-state index in [-0.39, 0.29) is 5.91 Å². The summed E-state index contributed by atoms with van der Waals surface area (Å²) in [5, 5.41) is 5.25. The number of carbonyl (C=O) groups is 1.